The van der Waals surface area contributed by atoms with Gasteiger partial charge in [-0.25, -0.2) is 0 Å². The van der Waals surface area contributed by atoms with Gasteiger partial charge in [-0.15, -0.1) is 0 Å². The molecule has 0 saturated carbocycles. The molecule has 3 N–H and O–H groups in total. The van der Waals surface area contributed by atoms with E-state index in [1.807, 2.05) is 5.10 Å². The lowest BCUT2D eigenvalue weighted by Crippen LogP contribution is -2.07. The van der Waals surface area contributed by atoms with Crippen LogP contribution in [-0.4, -0.2) is 24.4 Å². The van der Waals surface area contributed by atoms with Gasteiger partial charge in [-0.05, 0) is 17.7 Å². The number of alkyl halides is 3. The second kappa shape index (κ2) is 4.95. The molecule has 2 aromatic rings. The summed E-state index contributed by atoms with van der Waals surface area (Å²) in [6.45, 7) is 0. The molecule has 0 unspecified atom stereocenters. The average Bonchev–Trinajstić information content (AvgIpc) is 2.79. The monoisotopic (exact) mass is 287 g/mol. The number of hydrogen-bond acceptors (Lipinski definition) is 4. The molecule has 0 spiro atoms. The summed E-state index contributed by atoms with van der Waals surface area (Å²) < 4.78 is 48.8. The van der Waals surface area contributed by atoms with Gasteiger partial charge in [0.15, 0.2) is 17.3 Å². The second-order valence-electron chi connectivity index (χ2n) is 3.93. The Balaban J connectivity index is 2.60. The Morgan fingerprint density at radius 3 is 2.35 bits per heavy atom. The first-order valence-corrected chi connectivity index (χ1v) is 5.52. The van der Waals surface area contributed by atoms with Crippen molar-refractivity contribution >= 4 is 5.82 Å². The molecule has 20 heavy (non-hydrogen) atoms. The quantitative estimate of drug-likeness (QED) is 0.910. The van der Waals surface area contributed by atoms with E-state index >= 15 is 0 Å². The van der Waals surface area contributed by atoms with Gasteiger partial charge < -0.3 is 15.2 Å². The van der Waals surface area contributed by atoms with Gasteiger partial charge >= 0.3 is 6.18 Å². The van der Waals surface area contributed by atoms with E-state index in [0.717, 1.165) is 0 Å². The molecule has 5 nitrogen and oxygen atoms in total. The zero-order chi connectivity index (χ0) is 14.9. The molecule has 2 rings (SSSR count). The molecule has 0 bridgehead atoms. The number of nitrogens with one attached hydrogen (secondary N) is 1. The molecule has 0 amide bonds. The Morgan fingerprint density at radius 1 is 1.15 bits per heavy atom. The predicted octanol–water partition coefficient (Wildman–Crippen LogP) is 2.69. The maximum Gasteiger partial charge on any atom is 0.433 e. The van der Waals surface area contributed by atoms with Gasteiger partial charge in [0.1, 0.15) is 5.69 Å². The number of nitrogen functional groups attached to an aromatic ring is 1. The van der Waals surface area contributed by atoms with Crippen molar-refractivity contribution in [1.82, 2.24) is 10.2 Å². The van der Waals surface area contributed by atoms with Crippen LogP contribution in [0.25, 0.3) is 11.1 Å². The van der Waals surface area contributed by atoms with E-state index in [1.165, 1.54) is 32.4 Å². The van der Waals surface area contributed by atoms with E-state index < -0.39 is 11.9 Å². The van der Waals surface area contributed by atoms with Crippen molar-refractivity contribution in [3.05, 3.63) is 23.9 Å². The van der Waals surface area contributed by atoms with Crippen molar-refractivity contribution in [2.75, 3.05) is 20.0 Å². The predicted molar refractivity (Wildman–Crippen MR) is 66.5 cm³/mol. The number of nitrogens with zero attached hydrogens (tertiary/aromatic N) is 1. The summed E-state index contributed by atoms with van der Waals surface area (Å²) >= 11 is 0. The van der Waals surface area contributed by atoms with Crippen molar-refractivity contribution in [2.24, 2.45) is 0 Å². The fraction of sp³-hybridized carbons (Fsp3) is 0.250. The van der Waals surface area contributed by atoms with E-state index in [1.54, 1.807) is 0 Å². The van der Waals surface area contributed by atoms with Crippen LogP contribution in [0.4, 0.5) is 19.0 Å². The first kappa shape index (κ1) is 14.0. The van der Waals surface area contributed by atoms with Gasteiger partial charge in [-0.2, -0.15) is 18.3 Å². The van der Waals surface area contributed by atoms with Crippen molar-refractivity contribution in [2.45, 2.75) is 6.18 Å². The Kier molecular flexibility index (Phi) is 3.47. The Labute approximate surface area is 112 Å². The van der Waals surface area contributed by atoms with Crippen LogP contribution in [0.3, 0.4) is 0 Å². The summed E-state index contributed by atoms with van der Waals surface area (Å²) in [7, 11) is 2.83. The zero-order valence-corrected chi connectivity index (χ0v) is 10.7. The molecule has 108 valence electrons. The number of methoxy groups -OCH3 is 2. The normalized spacial score (nSPS) is 11.4. The van der Waals surface area contributed by atoms with Crippen LogP contribution in [0.2, 0.25) is 0 Å². The van der Waals surface area contributed by atoms with E-state index in [9.17, 15) is 13.2 Å². The Hall–Kier alpha value is -2.38. The Morgan fingerprint density at radius 2 is 1.80 bits per heavy atom. The van der Waals surface area contributed by atoms with Gasteiger partial charge in [0.2, 0.25) is 0 Å². The molecular formula is C12H12F3N3O2. The summed E-state index contributed by atoms with van der Waals surface area (Å²) in [6, 6.07) is 4.37. The highest BCUT2D eigenvalue weighted by molar-refractivity contribution is 5.78. The number of halogens is 3. The minimum Gasteiger partial charge on any atom is -0.493 e. The number of H-pyrrole nitrogens is 1. The van der Waals surface area contributed by atoms with Gasteiger partial charge in [-0.3, -0.25) is 5.10 Å². The van der Waals surface area contributed by atoms with Crippen molar-refractivity contribution in [1.29, 1.82) is 0 Å². The van der Waals surface area contributed by atoms with Crippen LogP contribution in [0.5, 0.6) is 11.5 Å². The van der Waals surface area contributed by atoms with Gasteiger partial charge in [0.25, 0.3) is 0 Å². The topological polar surface area (TPSA) is 73.2 Å². The highest BCUT2D eigenvalue weighted by atomic mass is 19.4. The molecule has 0 aliphatic heterocycles. The molecule has 1 heterocycles. The van der Waals surface area contributed by atoms with Crippen LogP contribution >= 0.6 is 0 Å². The fourth-order valence-corrected chi connectivity index (χ4v) is 1.85. The van der Waals surface area contributed by atoms with Crippen molar-refractivity contribution < 1.29 is 22.6 Å². The number of benzene rings is 1. The molecular weight excluding hydrogens is 275 g/mol. The minimum atomic E-state index is -4.58. The summed E-state index contributed by atoms with van der Waals surface area (Å²) in [6.07, 6.45) is -4.58. The summed E-state index contributed by atoms with van der Waals surface area (Å²) in [4.78, 5) is 0. The highest BCUT2D eigenvalue weighted by Crippen LogP contribution is 2.41. The summed E-state index contributed by atoms with van der Waals surface area (Å²) in [5.41, 5.74) is 4.55. The maximum atomic E-state index is 12.9. The van der Waals surface area contributed by atoms with Crippen molar-refractivity contribution in [3.63, 3.8) is 0 Å². The molecule has 0 saturated heterocycles. The largest absolute Gasteiger partial charge is 0.493 e. The standard InChI is InChI=1S/C12H12F3N3O2/c1-19-7-4-3-6(5-8(7)20-2)9-10(12(13,14)15)17-18-11(9)16/h3-5H,1-2H3,(H3,16,17,18). The molecule has 0 fully saturated rings. The molecule has 8 heteroatoms. The zero-order valence-electron chi connectivity index (χ0n) is 10.7. The fourth-order valence-electron chi connectivity index (χ4n) is 1.85. The number of nitrogens with two attached hydrogens (primary N) is 1. The summed E-state index contributed by atoms with van der Waals surface area (Å²) in [5.74, 6) is 0.482. The van der Waals surface area contributed by atoms with Crippen LogP contribution in [0.1, 0.15) is 5.69 Å². The van der Waals surface area contributed by atoms with E-state index in [4.69, 9.17) is 15.2 Å². The van der Waals surface area contributed by atoms with E-state index in [0.29, 0.717) is 11.5 Å². The number of aromatic nitrogens is 2. The molecule has 1 aromatic carbocycles. The van der Waals surface area contributed by atoms with Crippen LogP contribution in [-0.2, 0) is 6.18 Å². The lowest BCUT2D eigenvalue weighted by molar-refractivity contribution is -0.140. The van der Waals surface area contributed by atoms with Crippen molar-refractivity contribution in [3.8, 4) is 22.6 Å². The lowest BCUT2D eigenvalue weighted by Gasteiger charge is -2.11. The molecule has 0 aliphatic carbocycles. The van der Waals surface area contributed by atoms with Gasteiger partial charge in [0.05, 0.1) is 19.8 Å². The SMILES string of the molecule is COc1ccc(-c2c(N)n[nH]c2C(F)(F)F)cc1OC. The van der Waals surface area contributed by atoms with Crippen LogP contribution in [0.15, 0.2) is 18.2 Å². The minimum absolute atomic E-state index is 0.210. The van der Waals surface area contributed by atoms with E-state index in [-0.39, 0.29) is 16.9 Å². The lowest BCUT2D eigenvalue weighted by atomic mass is 10.0. The number of anilines is 1. The number of rotatable bonds is 3. The molecule has 1 aromatic heterocycles. The number of hydrogen-bond donors (Lipinski definition) is 2. The summed E-state index contributed by atoms with van der Waals surface area (Å²) in [5, 5.41) is 5.32. The van der Waals surface area contributed by atoms with Gasteiger partial charge in [0, 0.05) is 0 Å². The smallest absolute Gasteiger partial charge is 0.433 e. The molecule has 0 aliphatic rings. The van der Waals surface area contributed by atoms with E-state index in [2.05, 4.69) is 5.10 Å². The molecule has 0 atom stereocenters. The second-order valence-corrected chi connectivity index (χ2v) is 3.93. The highest BCUT2D eigenvalue weighted by Gasteiger charge is 2.37. The third-order valence-electron chi connectivity index (χ3n) is 2.75. The maximum absolute atomic E-state index is 12.9. The third kappa shape index (κ3) is 2.36. The van der Waals surface area contributed by atoms with Crippen LogP contribution < -0.4 is 15.2 Å². The average molecular weight is 287 g/mol. The Bertz CT molecular complexity index is 623. The first-order valence-electron chi connectivity index (χ1n) is 5.52. The third-order valence-corrected chi connectivity index (χ3v) is 2.75. The van der Waals surface area contributed by atoms with Gasteiger partial charge in [-0.1, -0.05) is 6.07 Å². The first-order chi connectivity index (χ1) is 9.38. The number of ether oxygens (including phenoxy) is 2. The molecule has 0 radical (unpaired) electrons. The van der Waals surface area contributed by atoms with Crippen LogP contribution in [0, 0.1) is 0 Å². The number of aromatic amines is 1.